The SMILES string of the molecule is CCCCCCC(=O)N(CC(=O)N(Cc1ccccc1)Cc1ccco1)C[C@@H]1CCCO1. The molecule has 0 unspecified atom stereocenters. The molecule has 32 heavy (non-hydrogen) atoms. The molecule has 174 valence electrons. The first-order valence-electron chi connectivity index (χ1n) is 11.9. The molecule has 1 aliphatic heterocycles. The van der Waals surface area contributed by atoms with Gasteiger partial charge in [0.05, 0.1) is 25.5 Å². The summed E-state index contributed by atoms with van der Waals surface area (Å²) in [5, 5.41) is 0. The van der Waals surface area contributed by atoms with Crippen molar-refractivity contribution < 1.29 is 18.7 Å². The molecule has 1 aromatic carbocycles. The first-order chi connectivity index (χ1) is 15.7. The summed E-state index contributed by atoms with van der Waals surface area (Å²) in [5.74, 6) is 0.693. The van der Waals surface area contributed by atoms with Crippen molar-refractivity contribution in [2.45, 2.75) is 71.1 Å². The van der Waals surface area contributed by atoms with Crippen molar-refractivity contribution in [1.82, 2.24) is 9.80 Å². The van der Waals surface area contributed by atoms with Crippen LogP contribution in [0.25, 0.3) is 0 Å². The summed E-state index contributed by atoms with van der Waals surface area (Å²) in [5.41, 5.74) is 1.05. The van der Waals surface area contributed by atoms with Gasteiger partial charge in [-0.3, -0.25) is 9.59 Å². The molecule has 0 N–H and O–H groups in total. The molecule has 1 atom stereocenters. The molecule has 2 aromatic rings. The lowest BCUT2D eigenvalue weighted by molar-refractivity contribution is -0.142. The minimum Gasteiger partial charge on any atom is -0.467 e. The second-order valence-corrected chi connectivity index (χ2v) is 8.53. The van der Waals surface area contributed by atoms with Crippen molar-refractivity contribution in [3.8, 4) is 0 Å². The van der Waals surface area contributed by atoms with Gasteiger partial charge in [0.25, 0.3) is 0 Å². The average molecular weight is 441 g/mol. The largest absolute Gasteiger partial charge is 0.467 e. The fourth-order valence-corrected chi connectivity index (χ4v) is 4.04. The molecule has 0 spiro atoms. The van der Waals surface area contributed by atoms with E-state index in [1.165, 1.54) is 0 Å². The molecule has 0 bridgehead atoms. The highest BCUT2D eigenvalue weighted by Crippen LogP contribution is 2.17. The fraction of sp³-hybridized carbons (Fsp3) is 0.538. The van der Waals surface area contributed by atoms with E-state index in [0.29, 0.717) is 26.1 Å². The number of ether oxygens (including phenoxy) is 1. The number of carbonyl (C=O) groups is 2. The fourth-order valence-electron chi connectivity index (χ4n) is 4.04. The van der Waals surface area contributed by atoms with E-state index < -0.39 is 0 Å². The Bertz CT molecular complexity index is 800. The van der Waals surface area contributed by atoms with Crippen molar-refractivity contribution in [3.63, 3.8) is 0 Å². The number of nitrogens with zero attached hydrogens (tertiary/aromatic N) is 2. The summed E-state index contributed by atoms with van der Waals surface area (Å²) in [6, 6.07) is 13.6. The topological polar surface area (TPSA) is 63.0 Å². The molecular weight excluding hydrogens is 404 g/mol. The summed E-state index contributed by atoms with van der Waals surface area (Å²) >= 11 is 0. The third-order valence-corrected chi connectivity index (χ3v) is 5.87. The van der Waals surface area contributed by atoms with Crippen LogP contribution in [0.1, 0.15) is 63.2 Å². The molecular formula is C26H36N2O4. The molecule has 2 amide bonds. The van der Waals surface area contributed by atoms with Crippen molar-refractivity contribution in [2.24, 2.45) is 0 Å². The number of unbranched alkanes of at least 4 members (excludes halogenated alkanes) is 3. The van der Waals surface area contributed by atoms with E-state index >= 15 is 0 Å². The van der Waals surface area contributed by atoms with Gasteiger partial charge in [0.2, 0.25) is 11.8 Å². The number of hydrogen-bond donors (Lipinski definition) is 0. The number of amides is 2. The number of carbonyl (C=O) groups excluding carboxylic acids is 2. The number of rotatable bonds is 13. The van der Waals surface area contributed by atoms with Crippen LogP contribution in [0.15, 0.2) is 53.1 Å². The van der Waals surface area contributed by atoms with E-state index in [-0.39, 0.29) is 24.5 Å². The van der Waals surface area contributed by atoms with Gasteiger partial charge in [-0.05, 0) is 37.0 Å². The minimum atomic E-state index is -0.0786. The third-order valence-electron chi connectivity index (χ3n) is 5.87. The van der Waals surface area contributed by atoms with Crippen LogP contribution in [0.4, 0.5) is 0 Å². The Morgan fingerprint density at radius 2 is 1.81 bits per heavy atom. The first kappa shape index (κ1) is 24.1. The predicted molar refractivity (Wildman–Crippen MR) is 124 cm³/mol. The molecule has 0 aliphatic carbocycles. The lowest BCUT2D eigenvalue weighted by atomic mass is 10.1. The Morgan fingerprint density at radius 3 is 2.50 bits per heavy atom. The highest BCUT2D eigenvalue weighted by molar-refractivity contribution is 5.84. The maximum absolute atomic E-state index is 13.4. The Morgan fingerprint density at radius 1 is 0.969 bits per heavy atom. The van der Waals surface area contributed by atoms with Gasteiger partial charge in [0.1, 0.15) is 5.76 Å². The summed E-state index contributed by atoms with van der Waals surface area (Å²) in [6.45, 7) is 4.29. The molecule has 1 fully saturated rings. The zero-order chi connectivity index (χ0) is 22.6. The van der Waals surface area contributed by atoms with Gasteiger partial charge in [-0.1, -0.05) is 56.5 Å². The van der Waals surface area contributed by atoms with Gasteiger partial charge >= 0.3 is 0 Å². The monoisotopic (exact) mass is 440 g/mol. The predicted octanol–water partition coefficient (Wildman–Crippen LogP) is 4.79. The van der Waals surface area contributed by atoms with Crippen LogP contribution in [0.3, 0.4) is 0 Å². The standard InChI is InChI=1S/C26H36N2O4/c1-2-3-4-8-15-25(29)28(20-24-14-10-17-32-24)21-26(30)27(19-23-13-9-16-31-23)18-22-11-6-5-7-12-22/h5-7,9,11-13,16,24H,2-4,8,10,14-15,17-21H2,1H3/t24-/m0/s1. The molecule has 0 saturated carbocycles. The van der Waals surface area contributed by atoms with Gasteiger partial charge in [-0.15, -0.1) is 0 Å². The van der Waals surface area contributed by atoms with E-state index in [9.17, 15) is 9.59 Å². The smallest absolute Gasteiger partial charge is 0.242 e. The molecule has 6 heteroatoms. The lowest BCUT2D eigenvalue weighted by Crippen LogP contribution is -2.45. The van der Waals surface area contributed by atoms with Crippen LogP contribution in [-0.2, 0) is 27.4 Å². The summed E-state index contributed by atoms with van der Waals surface area (Å²) in [4.78, 5) is 29.9. The van der Waals surface area contributed by atoms with Gasteiger partial charge in [0.15, 0.2) is 0 Å². The van der Waals surface area contributed by atoms with Crippen molar-refractivity contribution in [1.29, 1.82) is 0 Å². The molecule has 6 nitrogen and oxygen atoms in total. The van der Waals surface area contributed by atoms with Crippen LogP contribution in [-0.4, -0.2) is 47.4 Å². The number of benzene rings is 1. The lowest BCUT2D eigenvalue weighted by Gasteiger charge is -2.29. The molecule has 3 rings (SSSR count). The maximum Gasteiger partial charge on any atom is 0.242 e. The van der Waals surface area contributed by atoms with Crippen LogP contribution in [0.2, 0.25) is 0 Å². The van der Waals surface area contributed by atoms with Crippen molar-refractivity contribution in [2.75, 3.05) is 19.7 Å². The summed E-state index contributed by atoms with van der Waals surface area (Å²) < 4.78 is 11.3. The average Bonchev–Trinajstić information content (AvgIpc) is 3.51. The van der Waals surface area contributed by atoms with Crippen LogP contribution < -0.4 is 0 Å². The second kappa shape index (κ2) is 13.1. The van der Waals surface area contributed by atoms with Crippen LogP contribution in [0.5, 0.6) is 0 Å². The van der Waals surface area contributed by atoms with Crippen molar-refractivity contribution in [3.05, 3.63) is 60.1 Å². The summed E-state index contributed by atoms with van der Waals surface area (Å²) in [6.07, 6.45) is 8.24. The summed E-state index contributed by atoms with van der Waals surface area (Å²) in [7, 11) is 0. The number of hydrogen-bond acceptors (Lipinski definition) is 4. The second-order valence-electron chi connectivity index (χ2n) is 8.53. The van der Waals surface area contributed by atoms with E-state index in [2.05, 4.69) is 6.92 Å². The molecule has 2 heterocycles. The van der Waals surface area contributed by atoms with E-state index in [1.54, 1.807) is 16.1 Å². The van der Waals surface area contributed by atoms with Gasteiger partial charge < -0.3 is 19.0 Å². The quantitative estimate of drug-likeness (QED) is 0.420. The highest BCUT2D eigenvalue weighted by Gasteiger charge is 2.26. The van der Waals surface area contributed by atoms with E-state index in [4.69, 9.17) is 9.15 Å². The Balaban J connectivity index is 1.67. The number of furan rings is 1. The maximum atomic E-state index is 13.4. The zero-order valence-electron chi connectivity index (χ0n) is 19.2. The van der Waals surface area contributed by atoms with Crippen LogP contribution >= 0.6 is 0 Å². The van der Waals surface area contributed by atoms with Crippen molar-refractivity contribution >= 4 is 11.8 Å². The van der Waals surface area contributed by atoms with E-state index in [1.807, 2.05) is 42.5 Å². The van der Waals surface area contributed by atoms with E-state index in [0.717, 1.165) is 56.5 Å². The molecule has 0 radical (unpaired) electrons. The van der Waals surface area contributed by atoms with Gasteiger partial charge in [-0.25, -0.2) is 0 Å². The normalized spacial score (nSPS) is 15.6. The Hall–Kier alpha value is -2.60. The molecule has 1 saturated heterocycles. The highest BCUT2D eigenvalue weighted by atomic mass is 16.5. The van der Waals surface area contributed by atoms with Gasteiger partial charge in [0, 0.05) is 26.1 Å². The third kappa shape index (κ3) is 7.83. The Kier molecular flexibility index (Phi) is 9.82. The zero-order valence-corrected chi connectivity index (χ0v) is 19.2. The first-order valence-corrected chi connectivity index (χ1v) is 11.9. The van der Waals surface area contributed by atoms with Crippen LogP contribution in [0, 0.1) is 0 Å². The van der Waals surface area contributed by atoms with Gasteiger partial charge in [-0.2, -0.15) is 0 Å². The molecule has 1 aromatic heterocycles. The minimum absolute atomic E-state index is 0.0232. The molecule has 1 aliphatic rings. The Labute approximate surface area is 191 Å².